The van der Waals surface area contributed by atoms with Crippen molar-refractivity contribution in [1.29, 1.82) is 0 Å². The van der Waals surface area contributed by atoms with Crippen molar-refractivity contribution < 1.29 is 14.1 Å². The first kappa shape index (κ1) is 20.1. The molecule has 0 atom stereocenters. The van der Waals surface area contributed by atoms with Gasteiger partial charge < -0.3 is 14.6 Å². The van der Waals surface area contributed by atoms with Crippen LogP contribution >= 0.6 is 15.9 Å². The van der Waals surface area contributed by atoms with Crippen molar-refractivity contribution in [3.05, 3.63) is 57.9 Å². The molecule has 7 heteroatoms. The number of hydrogen-bond donors (Lipinski definition) is 1. The van der Waals surface area contributed by atoms with Crippen LogP contribution in [0.25, 0.3) is 11.4 Å². The summed E-state index contributed by atoms with van der Waals surface area (Å²) in [6.45, 7) is 3.95. The molecule has 0 aliphatic heterocycles. The zero-order valence-electron chi connectivity index (χ0n) is 16.1. The van der Waals surface area contributed by atoms with Crippen LogP contribution in [-0.4, -0.2) is 23.2 Å². The van der Waals surface area contributed by atoms with Gasteiger partial charge in [0.25, 0.3) is 0 Å². The first-order valence-corrected chi connectivity index (χ1v) is 9.80. The van der Waals surface area contributed by atoms with Gasteiger partial charge in [0, 0.05) is 23.0 Å². The van der Waals surface area contributed by atoms with E-state index in [1.165, 1.54) is 0 Å². The van der Waals surface area contributed by atoms with Crippen molar-refractivity contribution in [2.45, 2.75) is 33.1 Å². The van der Waals surface area contributed by atoms with E-state index in [9.17, 15) is 4.79 Å². The Kier molecular flexibility index (Phi) is 6.46. The molecule has 1 heterocycles. The third-order valence-corrected chi connectivity index (χ3v) is 4.83. The van der Waals surface area contributed by atoms with E-state index in [0.29, 0.717) is 36.7 Å². The van der Waals surface area contributed by atoms with Crippen LogP contribution in [0.15, 0.2) is 45.4 Å². The minimum atomic E-state index is -0.0296. The third kappa shape index (κ3) is 4.78. The lowest BCUT2D eigenvalue weighted by molar-refractivity contribution is -0.116. The summed E-state index contributed by atoms with van der Waals surface area (Å²) in [7, 11) is 1.60. The van der Waals surface area contributed by atoms with Gasteiger partial charge in [-0.1, -0.05) is 33.2 Å². The Morgan fingerprint density at radius 1 is 1.21 bits per heavy atom. The number of carbonyl (C=O) groups excluding carboxylic acids is 1. The number of rotatable bonds is 7. The summed E-state index contributed by atoms with van der Waals surface area (Å²) in [5.41, 5.74) is 3.69. The van der Waals surface area contributed by atoms with Gasteiger partial charge in [0.05, 0.1) is 12.7 Å². The minimum absolute atomic E-state index is 0.0296. The van der Waals surface area contributed by atoms with E-state index in [0.717, 1.165) is 26.9 Å². The van der Waals surface area contributed by atoms with Crippen LogP contribution in [0.1, 0.15) is 29.9 Å². The van der Waals surface area contributed by atoms with E-state index in [4.69, 9.17) is 9.26 Å². The zero-order chi connectivity index (χ0) is 20.1. The summed E-state index contributed by atoms with van der Waals surface area (Å²) >= 11 is 3.47. The van der Waals surface area contributed by atoms with Crippen molar-refractivity contribution in [3.8, 4) is 17.1 Å². The van der Waals surface area contributed by atoms with E-state index in [1.807, 2.05) is 50.2 Å². The zero-order valence-corrected chi connectivity index (χ0v) is 17.7. The molecule has 0 aliphatic rings. The van der Waals surface area contributed by atoms with Gasteiger partial charge in [-0.05, 0) is 55.7 Å². The summed E-state index contributed by atoms with van der Waals surface area (Å²) in [4.78, 5) is 16.7. The Balaban J connectivity index is 1.56. The number of methoxy groups -OCH3 is 1. The molecular formula is C21H22BrN3O3. The summed E-state index contributed by atoms with van der Waals surface area (Å²) < 4.78 is 11.6. The van der Waals surface area contributed by atoms with E-state index in [2.05, 4.69) is 31.4 Å². The summed E-state index contributed by atoms with van der Waals surface area (Å²) in [5, 5.41) is 7.02. The number of aromatic nitrogens is 2. The van der Waals surface area contributed by atoms with Gasteiger partial charge in [-0.15, -0.1) is 0 Å². The lowest BCUT2D eigenvalue weighted by atomic mass is 10.1. The number of amides is 1. The van der Waals surface area contributed by atoms with Crippen molar-refractivity contribution >= 4 is 27.5 Å². The molecule has 2 aromatic carbocycles. The highest BCUT2D eigenvalue weighted by Crippen LogP contribution is 2.27. The summed E-state index contributed by atoms with van der Waals surface area (Å²) in [6, 6.07) is 11.5. The maximum atomic E-state index is 12.3. The SMILES string of the molecule is COc1ccccc1-c1noc(CCCC(=O)Nc2c(C)cc(Br)cc2C)n1. The number of carbonyl (C=O) groups is 1. The molecular weight excluding hydrogens is 422 g/mol. The van der Waals surface area contributed by atoms with Crippen LogP contribution in [0, 0.1) is 13.8 Å². The van der Waals surface area contributed by atoms with Gasteiger partial charge in [-0.3, -0.25) is 4.79 Å². The molecule has 0 saturated heterocycles. The predicted octanol–water partition coefficient (Wildman–Crippen LogP) is 5.09. The van der Waals surface area contributed by atoms with E-state index < -0.39 is 0 Å². The minimum Gasteiger partial charge on any atom is -0.496 e. The average molecular weight is 444 g/mol. The van der Waals surface area contributed by atoms with Crippen LogP contribution in [0.2, 0.25) is 0 Å². The Hall–Kier alpha value is -2.67. The van der Waals surface area contributed by atoms with Crippen molar-refractivity contribution in [2.75, 3.05) is 12.4 Å². The Labute approximate surface area is 172 Å². The normalized spacial score (nSPS) is 10.7. The Bertz CT molecular complexity index is 962. The van der Waals surface area contributed by atoms with Gasteiger partial charge in [0.1, 0.15) is 5.75 Å². The number of hydrogen-bond acceptors (Lipinski definition) is 5. The van der Waals surface area contributed by atoms with Gasteiger partial charge in [0.15, 0.2) is 0 Å². The lowest BCUT2D eigenvalue weighted by Crippen LogP contribution is -2.13. The molecule has 0 saturated carbocycles. The number of nitrogens with zero attached hydrogens (tertiary/aromatic N) is 2. The molecule has 0 radical (unpaired) electrons. The smallest absolute Gasteiger partial charge is 0.226 e. The molecule has 0 fully saturated rings. The molecule has 0 spiro atoms. The number of anilines is 1. The molecule has 0 aliphatic carbocycles. The molecule has 0 unspecified atom stereocenters. The Morgan fingerprint density at radius 3 is 2.64 bits per heavy atom. The largest absolute Gasteiger partial charge is 0.496 e. The van der Waals surface area contributed by atoms with Crippen molar-refractivity contribution in [2.24, 2.45) is 0 Å². The molecule has 0 bridgehead atoms. The fraction of sp³-hybridized carbons (Fsp3) is 0.286. The summed E-state index contributed by atoms with van der Waals surface area (Å²) in [6.07, 6.45) is 1.53. The second kappa shape index (κ2) is 9.01. The maximum absolute atomic E-state index is 12.3. The van der Waals surface area contributed by atoms with Crippen LogP contribution in [-0.2, 0) is 11.2 Å². The first-order chi connectivity index (χ1) is 13.5. The average Bonchev–Trinajstić information content (AvgIpc) is 3.13. The standard InChI is InChI=1S/C21H22BrN3O3/c1-13-11-15(22)12-14(2)20(13)23-18(26)9-6-10-19-24-21(25-28-19)16-7-4-5-8-17(16)27-3/h4-5,7-8,11-12H,6,9-10H2,1-3H3,(H,23,26). The number of benzene rings is 2. The number of aryl methyl sites for hydroxylation is 3. The van der Waals surface area contributed by atoms with Crippen LogP contribution in [0.3, 0.4) is 0 Å². The quantitative estimate of drug-likeness (QED) is 0.550. The monoisotopic (exact) mass is 443 g/mol. The van der Waals surface area contributed by atoms with Crippen molar-refractivity contribution in [1.82, 2.24) is 10.1 Å². The molecule has 28 heavy (non-hydrogen) atoms. The molecule has 1 N–H and O–H groups in total. The fourth-order valence-corrected chi connectivity index (χ4v) is 3.69. The predicted molar refractivity (Wildman–Crippen MR) is 111 cm³/mol. The number of halogens is 1. The summed E-state index contributed by atoms with van der Waals surface area (Å²) in [5.74, 6) is 1.65. The highest BCUT2D eigenvalue weighted by atomic mass is 79.9. The molecule has 6 nitrogen and oxygen atoms in total. The van der Waals surface area contributed by atoms with E-state index in [1.54, 1.807) is 7.11 Å². The lowest BCUT2D eigenvalue weighted by Gasteiger charge is -2.12. The second-order valence-electron chi connectivity index (χ2n) is 6.53. The topological polar surface area (TPSA) is 77.2 Å². The van der Waals surface area contributed by atoms with E-state index in [-0.39, 0.29) is 5.91 Å². The van der Waals surface area contributed by atoms with Gasteiger partial charge in [0.2, 0.25) is 17.6 Å². The van der Waals surface area contributed by atoms with Crippen LogP contribution < -0.4 is 10.1 Å². The van der Waals surface area contributed by atoms with Crippen LogP contribution in [0.5, 0.6) is 5.75 Å². The molecule has 146 valence electrons. The first-order valence-electron chi connectivity index (χ1n) is 9.00. The maximum Gasteiger partial charge on any atom is 0.226 e. The highest BCUT2D eigenvalue weighted by molar-refractivity contribution is 9.10. The third-order valence-electron chi connectivity index (χ3n) is 4.37. The number of ether oxygens (including phenoxy) is 1. The molecule has 1 amide bonds. The van der Waals surface area contributed by atoms with Crippen molar-refractivity contribution in [3.63, 3.8) is 0 Å². The van der Waals surface area contributed by atoms with Gasteiger partial charge in [-0.25, -0.2) is 0 Å². The Morgan fingerprint density at radius 2 is 1.93 bits per heavy atom. The van der Waals surface area contributed by atoms with Gasteiger partial charge >= 0.3 is 0 Å². The fourth-order valence-electron chi connectivity index (χ4n) is 3.01. The molecule has 3 aromatic rings. The second-order valence-corrected chi connectivity index (χ2v) is 7.44. The molecule has 1 aromatic heterocycles. The number of nitrogens with one attached hydrogen (secondary N) is 1. The number of para-hydroxylation sites is 1. The van der Waals surface area contributed by atoms with Gasteiger partial charge in [-0.2, -0.15) is 4.98 Å². The highest BCUT2D eigenvalue weighted by Gasteiger charge is 2.14. The van der Waals surface area contributed by atoms with E-state index >= 15 is 0 Å². The molecule has 3 rings (SSSR count). The van der Waals surface area contributed by atoms with Crippen LogP contribution in [0.4, 0.5) is 5.69 Å².